The first-order chi connectivity index (χ1) is 9.86. The number of hydrogen-bond acceptors (Lipinski definition) is 5. The van der Waals surface area contributed by atoms with Gasteiger partial charge in [-0.3, -0.25) is 0 Å². The molecule has 1 aromatic carbocycles. The predicted octanol–water partition coefficient (Wildman–Crippen LogP) is 3.28. The molecule has 0 aliphatic heterocycles. The van der Waals surface area contributed by atoms with Crippen LogP contribution in [0.15, 0.2) is 36.7 Å². The van der Waals surface area contributed by atoms with Crippen LogP contribution in [-0.2, 0) is 0 Å². The van der Waals surface area contributed by atoms with Crippen LogP contribution in [-0.4, -0.2) is 27.0 Å². The van der Waals surface area contributed by atoms with Crippen LogP contribution in [0, 0.1) is 0 Å². The Balaban J connectivity index is 2.04. The Bertz CT molecular complexity index is 894. The molecule has 3 heterocycles. The number of benzene rings is 1. The van der Waals surface area contributed by atoms with Crippen LogP contribution in [0.3, 0.4) is 0 Å². The monoisotopic (exact) mass is 281 g/mol. The lowest BCUT2D eigenvalue weighted by atomic mass is 10.2. The summed E-state index contributed by atoms with van der Waals surface area (Å²) in [6.07, 6.45) is 1.67. The van der Waals surface area contributed by atoms with Crippen LogP contribution in [0.4, 0.5) is 5.82 Å². The van der Waals surface area contributed by atoms with Crippen molar-refractivity contribution in [3.8, 4) is 10.6 Å². The number of H-pyrrole nitrogens is 1. The lowest BCUT2D eigenvalue weighted by Gasteiger charge is -1.99. The minimum absolute atomic E-state index is 0.775. The highest BCUT2D eigenvalue weighted by atomic mass is 32.1. The second-order valence-electron chi connectivity index (χ2n) is 4.38. The summed E-state index contributed by atoms with van der Waals surface area (Å²) in [5, 5.41) is 4.05. The summed E-state index contributed by atoms with van der Waals surface area (Å²) < 4.78 is 0. The molecule has 0 spiro atoms. The standard InChI is InChI=1S/C14H11N5S/c1-15-12-10-9(16-7-17-10)11-14(19-12)20-13(18-11)8-5-3-2-4-6-8/h2-7H,1H3,(H,15,19)(H,16,17). The second kappa shape index (κ2) is 4.28. The molecule has 0 aliphatic carbocycles. The number of nitrogens with one attached hydrogen (secondary N) is 2. The minimum Gasteiger partial charge on any atom is -0.371 e. The summed E-state index contributed by atoms with van der Waals surface area (Å²) in [4.78, 5) is 17.7. The Kier molecular flexibility index (Phi) is 2.43. The Morgan fingerprint density at radius 3 is 2.75 bits per heavy atom. The van der Waals surface area contributed by atoms with E-state index in [-0.39, 0.29) is 0 Å². The van der Waals surface area contributed by atoms with E-state index in [1.807, 2.05) is 25.2 Å². The maximum atomic E-state index is 4.72. The molecule has 0 radical (unpaired) electrons. The summed E-state index contributed by atoms with van der Waals surface area (Å²) >= 11 is 1.59. The van der Waals surface area contributed by atoms with Gasteiger partial charge in [0.2, 0.25) is 0 Å². The third-order valence-electron chi connectivity index (χ3n) is 3.18. The number of fused-ring (bicyclic) bond motifs is 3. The molecule has 0 saturated heterocycles. The summed E-state index contributed by atoms with van der Waals surface area (Å²) in [5.74, 6) is 0.775. The highest BCUT2D eigenvalue weighted by Gasteiger charge is 2.15. The summed E-state index contributed by atoms with van der Waals surface area (Å²) in [6.45, 7) is 0. The number of imidazole rings is 1. The summed E-state index contributed by atoms with van der Waals surface area (Å²) in [7, 11) is 1.85. The highest BCUT2D eigenvalue weighted by Crippen LogP contribution is 2.33. The van der Waals surface area contributed by atoms with Crippen LogP contribution in [0.1, 0.15) is 0 Å². The van der Waals surface area contributed by atoms with Gasteiger partial charge >= 0.3 is 0 Å². The van der Waals surface area contributed by atoms with E-state index < -0.39 is 0 Å². The van der Waals surface area contributed by atoms with Crippen molar-refractivity contribution in [3.63, 3.8) is 0 Å². The largest absolute Gasteiger partial charge is 0.371 e. The maximum Gasteiger partial charge on any atom is 0.155 e. The molecule has 0 amide bonds. The van der Waals surface area contributed by atoms with Gasteiger partial charge in [-0.1, -0.05) is 41.7 Å². The first-order valence-corrected chi connectivity index (χ1v) is 7.05. The van der Waals surface area contributed by atoms with Gasteiger partial charge in [0, 0.05) is 12.6 Å². The van der Waals surface area contributed by atoms with Gasteiger partial charge in [-0.15, -0.1) is 0 Å². The maximum absolute atomic E-state index is 4.72. The quantitative estimate of drug-likeness (QED) is 0.592. The zero-order valence-corrected chi connectivity index (χ0v) is 11.5. The van der Waals surface area contributed by atoms with E-state index in [2.05, 4.69) is 32.4 Å². The van der Waals surface area contributed by atoms with E-state index in [4.69, 9.17) is 4.98 Å². The molecule has 20 heavy (non-hydrogen) atoms. The van der Waals surface area contributed by atoms with E-state index in [1.54, 1.807) is 17.7 Å². The Labute approximate surface area is 118 Å². The van der Waals surface area contributed by atoms with Crippen LogP contribution in [0.5, 0.6) is 0 Å². The molecule has 5 nitrogen and oxygen atoms in total. The molecule has 98 valence electrons. The SMILES string of the molecule is CNc1nc2sc(-c3ccccc3)nc2c2[nH]cnc12. The normalized spacial score (nSPS) is 11.2. The first kappa shape index (κ1) is 11.4. The van der Waals surface area contributed by atoms with E-state index in [9.17, 15) is 0 Å². The van der Waals surface area contributed by atoms with Crippen LogP contribution in [0.25, 0.3) is 32.0 Å². The van der Waals surface area contributed by atoms with Crippen molar-refractivity contribution in [1.29, 1.82) is 0 Å². The van der Waals surface area contributed by atoms with Crippen molar-refractivity contribution in [2.45, 2.75) is 0 Å². The van der Waals surface area contributed by atoms with Gasteiger partial charge < -0.3 is 10.3 Å². The molecule has 0 bridgehead atoms. The fraction of sp³-hybridized carbons (Fsp3) is 0.0714. The van der Waals surface area contributed by atoms with Gasteiger partial charge in [0.15, 0.2) is 5.82 Å². The van der Waals surface area contributed by atoms with Gasteiger partial charge in [-0.25, -0.2) is 15.0 Å². The third-order valence-corrected chi connectivity index (χ3v) is 4.18. The molecule has 0 atom stereocenters. The van der Waals surface area contributed by atoms with E-state index >= 15 is 0 Å². The second-order valence-corrected chi connectivity index (χ2v) is 5.35. The Morgan fingerprint density at radius 2 is 1.95 bits per heavy atom. The number of aromatic nitrogens is 4. The fourth-order valence-electron chi connectivity index (χ4n) is 2.24. The number of anilines is 1. The summed E-state index contributed by atoms with van der Waals surface area (Å²) in [5.41, 5.74) is 3.73. The van der Waals surface area contributed by atoms with Crippen molar-refractivity contribution in [2.24, 2.45) is 0 Å². The summed E-state index contributed by atoms with van der Waals surface area (Å²) in [6, 6.07) is 10.1. The average Bonchev–Trinajstić information content (AvgIpc) is 3.13. The van der Waals surface area contributed by atoms with Crippen LogP contribution < -0.4 is 5.32 Å². The van der Waals surface area contributed by atoms with Crippen molar-refractivity contribution in [2.75, 3.05) is 12.4 Å². The van der Waals surface area contributed by atoms with E-state index in [0.717, 1.165) is 37.8 Å². The molecular weight excluding hydrogens is 270 g/mol. The number of nitrogens with zero attached hydrogens (tertiary/aromatic N) is 3. The molecule has 4 aromatic rings. The average molecular weight is 281 g/mol. The van der Waals surface area contributed by atoms with Gasteiger partial charge in [0.05, 0.1) is 11.8 Å². The highest BCUT2D eigenvalue weighted by molar-refractivity contribution is 7.21. The van der Waals surface area contributed by atoms with Crippen LogP contribution in [0.2, 0.25) is 0 Å². The number of pyridine rings is 1. The zero-order chi connectivity index (χ0) is 13.5. The van der Waals surface area contributed by atoms with E-state index in [1.165, 1.54) is 0 Å². The van der Waals surface area contributed by atoms with Crippen molar-refractivity contribution >= 4 is 38.5 Å². The molecule has 4 rings (SSSR count). The minimum atomic E-state index is 0.775. The smallest absolute Gasteiger partial charge is 0.155 e. The van der Waals surface area contributed by atoms with Crippen LogP contribution >= 0.6 is 11.3 Å². The first-order valence-electron chi connectivity index (χ1n) is 6.23. The molecular formula is C14H11N5S. The fourth-order valence-corrected chi connectivity index (χ4v) is 3.19. The number of hydrogen-bond donors (Lipinski definition) is 2. The number of thiazole rings is 1. The topological polar surface area (TPSA) is 66.5 Å². The third kappa shape index (κ3) is 1.58. The molecule has 0 aliphatic rings. The van der Waals surface area contributed by atoms with Gasteiger partial charge in [-0.2, -0.15) is 0 Å². The molecule has 6 heteroatoms. The number of aromatic amines is 1. The molecule has 0 unspecified atom stereocenters. The van der Waals surface area contributed by atoms with Gasteiger partial charge in [-0.05, 0) is 0 Å². The Morgan fingerprint density at radius 1 is 1.10 bits per heavy atom. The van der Waals surface area contributed by atoms with Gasteiger partial charge in [0.25, 0.3) is 0 Å². The van der Waals surface area contributed by atoms with E-state index in [0.29, 0.717) is 0 Å². The lowest BCUT2D eigenvalue weighted by molar-refractivity contribution is 1.33. The molecule has 2 N–H and O–H groups in total. The van der Waals surface area contributed by atoms with Crippen molar-refractivity contribution in [3.05, 3.63) is 36.7 Å². The molecule has 0 saturated carbocycles. The number of rotatable bonds is 2. The van der Waals surface area contributed by atoms with Crippen molar-refractivity contribution < 1.29 is 0 Å². The predicted molar refractivity (Wildman–Crippen MR) is 82.0 cm³/mol. The van der Waals surface area contributed by atoms with Gasteiger partial charge in [0.1, 0.15) is 20.9 Å². The Hall–Kier alpha value is -2.47. The lowest BCUT2D eigenvalue weighted by Crippen LogP contribution is -1.93. The molecule has 3 aromatic heterocycles. The molecule has 0 fully saturated rings. The van der Waals surface area contributed by atoms with Crippen molar-refractivity contribution in [1.82, 2.24) is 19.9 Å². The zero-order valence-electron chi connectivity index (χ0n) is 10.7.